The molecule has 29 heavy (non-hydrogen) atoms. The van der Waals surface area contributed by atoms with E-state index in [1.54, 1.807) is 0 Å². The molecule has 4 rings (SSSR count). The predicted molar refractivity (Wildman–Crippen MR) is 125 cm³/mol. The highest BCUT2D eigenvalue weighted by Gasteiger charge is 2.20. The second-order valence-electron chi connectivity index (χ2n) is 8.64. The van der Waals surface area contributed by atoms with Crippen molar-refractivity contribution in [3.8, 4) is 11.8 Å². The first-order valence-electron chi connectivity index (χ1n) is 11.4. The molecule has 3 aromatic carbocycles. The Hall–Kier alpha value is -2.52. The molecule has 1 aliphatic rings. The van der Waals surface area contributed by atoms with Crippen molar-refractivity contribution in [1.29, 1.82) is 0 Å². The molecule has 0 amide bonds. The number of benzene rings is 3. The zero-order valence-electron chi connectivity index (χ0n) is 17.9. The predicted octanol–water partition coefficient (Wildman–Crippen LogP) is 7.88. The van der Waals surface area contributed by atoms with Gasteiger partial charge in [0.2, 0.25) is 0 Å². The van der Waals surface area contributed by atoms with Gasteiger partial charge < -0.3 is 0 Å². The van der Waals surface area contributed by atoms with Gasteiger partial charge in [-0.1, -0.05) is 74.9 Å². The lowest BCUT2D eigenvalue weighted by molar-refractivity contribution is 0.319. The van der Waals surface area contributed by atoms with E-state index in [1.807, 2.05) is 0 Å². The van der Waals surface area contributed by atoms with Gasteiger partial charge in [0, 0.05) is 11.1 Å². The number of hydrogen-bond donors (Lipinski definition) is 0. The van der Waals surface area contributed by atoms with Crippen LogP contribution in [0, 0.1) is 17.8 Å². The van der Waals surface area contributed by atoms with Crippen LogP contribution in [-0.2, 0) is 6.42 Å². The summed E-state index contributed by atoms with van der Waals surface area (Å²) >= 11 is 0. The minimum Gasteiger partial charge on any atom is -0.0651 e. The fraction of sp³-hybridized carbons (Fsp3) is 0.379. The second kappa shape index (κ2) is 9.32. The van der Waals surface area contributed by atoms with Crippen LogP contribution in [0.3, 0.4) is 0 Å². The third kappa shape index (κ3) is 4.91. The zero-order valence-corrected chi connectivity index (χ0v) is 17.9. The summed E-state index contributed by atoms with van der Waals surface area (Å²) in [6, 6.07) is 22.3. The average Bonchev–Trinajstić information content (AvgIpc) is 2.78. The maximum absolute atomic E-state index is 3.36. The molecule has 0 nitrogen and oxygen atoms in total. The summed E-state index contributed by atoms with van der Waals surface area (Å²) in [5.41, 5.74) is 5.11. The summed E-state index contributed by atoms with van der Waals surface area (Å²) in [6.07, 6.45) is 9.16. The van der Waals surface area contributed by atoms with Gasteiger partial charge in [-0.25, -0.2) is 0 Å². The molecule has 0 saturated heterocycles. The van der Waals surface area contributed by atoms with Crippen molar-refractivity contribution in [2.24, 2.45) is 5.92 Å². The van der Waals surface area contributed by atoms with E-state index in [9.17, 15) is 0 Å². The highest BCUT2D eigenvalue weighted by atomic mass is 14.3. The highest BCUT2D eigenvalue weighted by molar-refractivity contribution is 5.84. The van der Waals surface area contributed by atoms with E-state index < -0.39 is 0 Å². The van der Waals surface area contributed by atoms with E-state index in [0.717, 1.165) is 29.4 Å². The third-order valence-electron chi connectivity index (χ3n) is 6.60. The normalized spacial score (nSPS) is 19.0. The molecule has 1 aliphatic carbocycles. The number of aryl methyl sites for hydroxylation is 1. The molecule has 0 radical (unpaired) electrons. The molecule has 3 aromatic rings. The minimum atomic E-state index is 0.748. The number of hydrogen-bond acceptors (Lipinski definition) is 0. The van der Waals surface area contributed by atoms with Crippen LogP contribution >= 0.6 is 0 Å². The number of fused-ring (bicyclic) bond motifs is 1. The van der Waals surface area contributed by atoms with Gasteiger partial charge in [-0.15, -0.1) is 0 Å². The Balaban J connectivity index is 1.45. The fourth-order valence-electron chi connectivity index (χ4n) is 4.70. The molecule has 148 valence electrons. The molecular formula is C29H32. The van der Waals surface area contributed by atoms with Crippen molar-refractivity contribution in [3.05, 3.63) is 82.9 Å². The molecule has 0 N–H and O–H groups in total. The van der Waals surface area contributed by atoms with Gasteiger partial charge >= 0.3 is 0 Å². The van der Waals surface area contributed by atoms with Crippen molar-refractivity contribution in [2.75, 3.05) is 0 Å². The monoisotopic (exact) mass is 380 g/mol. The van der Waals surface area contributed by atoms with Crippen LogP contribution in [0.4, 0.5) is 0 Å². The highest BCUT2D eigenvalue weighted by Crippen LogP contribution is 2.36. The van der Waals surface area contributed by atoms with Crippen molar-refractivity contribution >= 4 is 10.8 Å². The van der Waals surface area contributed by atoms with E-state index in [0.29, 0.717) is 0 Å². The third-order valence-corrected chi connectivity index (χ3v) is 6.60. The number of rotatable bonds is 4. The molecule has 0 bridgehead atoms. The van der Waals surface area contributed by atoms with E-state index in [-0.39, 0.29) is 0 Å². The molecule has 0 atom stereocenters. The quantitative estimate of drug-likeness (QED) is 0.404. The molecule has 1 fully saturated rings. The molecule has 0 aromatic heterocycles. The largest absolute Gasteiger partial charge is 0.0651 e. The molecule has 0 aliphatic heterocycles. The van der Waals surface area contributed by atoms with Gasteiger partial charge in [-0.2, -0.15) is 0 Å². The van der Waals surface area contributed by atoms with E-state index in [2.05, 4.69) is 86.4 Å². The summed E-state index contributed by atoms with van der Waals surface area (Å²) < 4.78 is 0. The van der Waals surface area contributed by atoms with Crippen LogP contribution in [0.25, 0.3) is 10.8 Å². The second-order valence-corrected chi connectivity index (χ2v) is 8.64. The zero-order chi connectivity index (χ0) is 20.1. The maximum atomic E-state index is 3.36. The standard InChI is InChI=1S/C29H32/c1-3-5-24-12-18-29-21-25(13-19-28(29)20-24)7-6-23-10-16-27(17-11-23)26-14-8-22(4-2)9-15-26/h10-13,16-22,26H,3-5,8-9,14-15H2,1-2H3/t22-,26-. The van der Waals surface area contributed by atoms with E-state index >= 15 is 0 Å². The lowest BCUT2D eigenvalue weighted by atomic mass is 9.78. The summed E-state index contributed by atoms with van der Waals surface area (Å²) in [7, 11) is 0. The Morgan fingerprint density at radius 2 is 1.38 bits per heavy atom. The average molecular weight is 381 g/mol. The van der Waals surface area contributed by atoms with Gasteiger partial charge in [0.25, 0.3) is 0 Å². The summed E-state index contributed by atoms with van der Waals surface area (Å²) in [5.74, 6) is 8.41. The summed E-state index contributed by atoms with van der Waals surface area (Å²) in [4.78, 5) is 0. The van der Waals surface area contributed by atoms with Crippen LogP contribution in [0.2, 0.25) is 0 Å². The molecule has 1 saturated carbocycles. The Bertz CT molecular complexity index is 1010. The van der Waals surface area contributed by atoms with Crippen molar-refractivity contribution in [3.63, 3.8) is 0 Å². The van der Waals surface area contributed by atoms with Crippen molar-refractivity contribution in [2.45, 2.75) is 64.7 Å². The summed E-state index contributed by atoms with van der Waals surface area (Å²) in [6.45, 7) is 4.56. The van der Waals surface area contributed by atoms with E-state index in [4.69, 9.17) is 0 Å². The smallest absolute Gasteiger partial charge is 0.0255 e. The van der Waals surface area contributed by atoms with E-state index in [1.165, 1.54) is 60.4 Å². The molecule has 0 spiro atoms. The molecule has 0 heteroatoms. The lowest BCUT2D eigenvalue weighted by Crippen LogP contribution is -2.12. The van der Waals surface area contributed by atoms with Gasteiger partial charge in [0.1, 0.15) is 0 Å². The molecular weight excluding hydrogens is 348 g/mol. The van der Waals surface area contributed by atoms with Gasteiger partial charge in [0.05, 0.1) is 0 Å². The Morgan fingerprint density at radius 1 is 0.724 bits per heavy atom. The first-order chi connectivity index (χ1) is 14.2. The van der Waals surface area contributed by atoms with Crippen molar-refractivity contribution < 1.29 is 0 Å². The van der Waals surface area contributed by atoms with Crippen LogP contribution in [0.5, 0.6) is 0 Å². The molecule has 0 unspecified atom stereocenters. The Morgan fingerprint density at radius 3 is 2.10 bits per heavy atom. The molecule has 0 heterocycles. The Labute approximate surface area is 176 Å². The topological polar surface area (TPSA) is 0 Å². The van der Waals surface area contributed by atoms with Gasteiger partial charge in [-0.05, 0) is 90.1 Å². The van der Waals surface area contributed by atoms with Crippen LogP contribution in [-0.4, -0.2) is 0 Å². The first-order valence-corrected chi connectivity index (χ1v) is 11.4. The SMILES string of the molecule is CCCc1ccc2cc(C#Cc3ccc([C@H]4CC[C@H](CC)CC4)cc3)ccc2c1. The fourth-order valence-corrected chi connectivity index (χ4v) is 4.70. The van der Waals surface area contributed by atoms with Crippen LogP contribution in [0.15, 0.2) is 60.7 Å². The summed E-state index contributed by atoms with van der Waals surface area (Å²) in [5, 5.41) is 2.58. The minimum absolute atomic E-state index is 0.748. The lowest BCUT2D eigenvalue weighted by Gasteiger charge is -2.28. The van der Waals surface area contributed by atoms with Crippen LogP contribution < -0.4 is 0 Å². The van der Waals surface area contributed by atoms with Gasteiger partial charge in [-0.3, -0.25) is 0 Å². The van der Waals surface area contributed by atoms with Crippen molar-refractivity contribution in [1.82, 2.24) is 0 Å². The Kier molecular flexibility index (Phi) is 6.36. The maximum Gasteiger partial charge on any atom is 0.0255 e. The first kappa shape index (κ1) is 19.8. The van der Waals surface area contributed by atoms with Gasteiger partial charge in [0.15, 0.2) is 0 Å². The van der Waals surface area contributed by atoms with Crippen LogP contribution in [0.1, 0.15) is 80.5 Å².